The minimum Gasteiger partial charge on any atom is -0.497 e. The van der Waals surface area contributed by atoms with Crippen LogP contribution >= 0.6 is 0 Å². The average molecular weight is 331 g/mol. The second-order valence-electron chi connectivity index (χ2n) is 5.53. The highest BCUT2D eigenvalue weighted by molar-refractivity contribution is 5.78. The zero-order valence-electron chi connectivity index (χ0n) is 14.5. The Morgan fingerprint density at radius 2 is 1.24 bits per heavy atom. The molecule has 0 aromatic heterocycles. The smallest absolute Gasteiger partial charge is 0.119 e. The first kappa shape index (κ1) is 16.7. The molecule has 0 aliphatic carbocycles. The first-order chi connectivity index (χ1) is 12.2. The van der Waals surface area contributed by atoms with Gasteiger partial charge in [0.1, 0.15) is 11.5 Å². The number of anilines is 3. The molecule has 0 fully saturated rings. The van der Waals surface area contributed by atoms with Crippen molar-refractivity contribution in [1.29, 1.82) is 0 Å². The van der Waals surface area contributed by atoms with Crippen LogP contribution in [0.5, 0.6) is 11.5 Å². The third-order valence-electron chi connectivity index (χ3n) is 4.03. The quantitative estimate of drug-likeness (QED) is 0.568. The van der Waals surface area contributed by atoms with E-state index in [4.69, 9.17) is 9.47 Å². The van der Waals surface area contributed by atoms with E-state index in [9.17, 15) is 0 Å². The lowest BCUT2D eigenvalue weighted by Crippen LogP contribution is -2.10. The van der Waals surface area contributed by atoms with Crippen LogP contribution in [0.1, 0.15) is 5.56 Å². The number of hydrogen-bond acceptors (Lipinski definition) is 3. The third kappa shape index (κ3) is 3.66. The van der Waals surface area contributed by atoms with Gasteiger partial charge < -0.3 is 14.4 Å². The molecular weight excluding hydrogens is 310 g/mol. The van der Waals surface area contributed by atoms with Crippen LogP contribution < -0.4 is 14.4 Å². The highest BCUT2D eigenvalue weighted by Crippen LogP contribution is 2.36. The number of hydrogen-bond donors (Lipinski definition) is 0. The zero-order chi connectivity index (χ0) is 17.6. The van der Waals surface area contributed by atoms with E-state index in [2.05, 4.69) is 23.6 Å². The van der Waals surface area contributed by atoms with Crippen molar-refractivity contribution >= 4 is 23.1 Å². The maximum absolute atomic E-state index is 5.28. The molecule has 0 N–H and O–H groups in total. The summed E-state index contributed by atoms with van der Waals surface area (Å²) in [6.45, 7) is 3.87. The van der Waals surface area contributed by atoms with Crippen LogP contribution in [0.4, 0.5) is 17.1 Å². The summed E-state index contributed by atoms with van der Waals surface area (Å²) in [5.41, 5.74) is 4.23. The van der Waals surface area contributed by atoms with Crippen LogP contribution in [0, 0.1) is 0 Å². The third-order valence-corrected chi connectivity index (χ3v) is 4.03. The summed E-state index contributed by atoms with van der Waals surface area (Å²) >= 11 is 0. The minimum atomic E-state index is 0.832. The summed E-state index contributed by atoms with van der Waals surface area (Å²) in [6, 6.07) is 24.3. The van der Waals surface area contributed by atoms with Crippen LogP contribution in [0.15, 0.2) is 79.4 Å². The van der Waals surface area contributed by atoms with Gasteiger partial charge in [-0.25, -0.2) is 0 Å². The van der Waals surface area contributed by atoms with Crippen molar-refractivity contribution in [2.24, 2.45) is 0 Å². The number of methoxy groups -OCH3 is 2. The van der Waals surface area contributed by atoms with Crippen molar-refractivity contribution in [3.8, 4) is 11.5 Å². The van der Waals surface area contributed by atoms with Crippen molar-refractivity contribution < 1.29 is 9.47 Å². The van der Waals surface area contributed by atoms with Crippen LogP contribution in [-0.4, -0.2) is 14.2 Å². The molecule has 0 atom stereocenters. The summed E-state index contributed by atoms with van der Waals surface area (Å²) in [4.78, 5) is 2.19. The van der Waals surface area contributed by atoms with Gasteiger partial charge in [-0.2, -0.15) is 0 Å². The number of rotatable bonds is 6. The average Bonchev–Trinajstić information content (AvgIpc) is 2.69. The van der Waals surface area contributed by atoms with E-state index in [1.54, 1.807) is 14.2 Å². The van der Waals surface area contributed by atoms with Gasteiger partial charge in [-0.3, -0.25) is 0 Å². The highest BCUT2D eigenvalue weighted by Gasteiger charge is 2.13. The zero-order valence-corrected chi connectivity index (χ0v) is 14.5. The maximum atomic E-state index is 5.28. The molecule has 0 bridgehead atoms. The highest BCUT2D eigenvalue weighted by atomic mass is 16.5. The van der Waals surface area contributed by atoms with Crippen LogP contribution in [0.2, 0.25) is 0 Å². The lowest BCUT2D eigenvalue weighted by atomic mass is 10.1. The van der Waals surface area contributed by atoms with Crippen LogP contribution in [0.3, 0.4) is 0 Å². The largest absolute Gasteiger partial charge is 0.497 e. The van der Waals surface area contributed by atoms with Gasteiger partial charge in [-0.1, -0.05) is 24.8 Å². The van der Waals surface area contributed by atoms with Crippen molar-refractivity contribution in [3.05, 3.63) is 84.9 Å². The molecule has 0 aliphatic rings. The Bertz CT molecular complexity index is 791. The summed E-state index contributed by atoms with van der Waals surface area (Å²) < 4.78 is 10.6. The summed E-state index contributed by atoms with van der Waals surface area (Å²) in [5, 5.41) is 0. The number of nitrogens with zero attached hydrogens (tertiary/aromatic N) is 1. The molecule has 3 rings (SSSR count). The Kier molecular flexibility index (Phi) is 5.05. The molecule has 3 heteroatoms. The molecule has 0 amide bonds. The first-order valence-corrected chi connectivity index (χ1v) is 8.06. The molecule has 0 spiro atoms. The molecule has 25 heavy (non-hydrogen) atoms. The number of benzene rings is 3. The Hall–Kier alpha value is -3.20. The van der Waals surface area contributed by atoms with Crippen molar-refractivity contribution in [2.45, 2.75) is 0 Å². The molecule has 126 valence electrons. The standard InChI is InChI=1S/C22H21NO2/c1-4-17-6-5-7-20(16-17)23(18-8-12-21(24-2)13-9-18)19-10-14-22(25-3)15-11-19/h4-16H,1H2,2-3H3. The van der Waals surface area contributed by atoms with Crippen molar-refractivity contribution in [1.82, 2.24) is 0 Å². The molecule has 0 saturated carbocycles. The van der Waals surface area contributed by atoms with Gasteiger partial charge in [0.15, 0.2) is 0 Å². The molecule has 0 aliphatic heterocycles. The fourth-order valence-corrected chi connectivity index (χ4v) is 2.70. The Balaban J connectivity index is 2.09. The minimum absolute atomic E-state index is 0.832. The Morgan fingerprint density at radius 3 is 1.68 bits per heavy atom. The predicted octanol–water partition coefficient (Wildman–Crippen LogP) is 5.82. The summed E-state index contributed by atoms with van der Waals surface area (Å²) in [7, 11) is 3.34. The van der Waals surface area contributed by atoms with Gasteiger partial charge in [-0.05, 0) is 66.2 Å². The molecule has 3 nitrogen and oxygen atoms in total. The molecular formula is C22H21NO2. The fourth-order valence-electron chi connectivity index (χ4n) is 2.70. The van der Waals surface area contributed by atoms with E-state index in [1.165, 1.54) is 0 Å². The van der Waals surface area contributed by atoms with Gasteiger partial charge in [0.2, 0.25) is 0 Å². The first-order valence-electron chi connectivity index (χ1n) is 8.06. The second-order valence-corrected chi connectivity index (χ2v) is 5.53. The maximum Gasteiger partial charge on any atom is 0.119 e. The Morgan fingerprint density at radius 1 is 0.720 bits per heavy atom. The van der Waals surface area contributed by atoms with Gasteiger partial charge in [-0.15, -0.1) is 0 Å². The van der Waals surface area contributed by atoms with E-state index < -0.39 is 0 Å². The monoisotopic (exact) mass is 331 g/mol. The molecule has 3 aromatic carbocycles. The number of ether oxygens (including phenoxy) is 2. The Labute approximate surface area is 148 Å². The van der Waals surface area contributed by atoms with Gasteiger partial charge in [0.25, 0.3) is 0 Å². The molecule has 0 unspecified atom stereocenters. The topological polar surface area (TPSA) is 21.7 Å². The second kappa shape index (κ2) is 7.58. The van der Waals surface area contributed by atoms with Gasteiger partial charge >= 0.3 is 0 Å². The van der Waals surface area contributed by atoms with Crippen molar-refractivity contribution in [3.63, 3.8) is 0 Å². The summed E-state index contributed by atoms with van der Waals surface area (Å²) in [6.07, 6.45) is 1.85. The van der Waals surface area contributed by atoms with E-state index in [0.717, 1.165) is 34.1 Å². The normalized spacial score (nSPS) is 10.2. The van der Waals surface area contributed by atoms with E-state index >= 15 is 0 Å². The SMILES string of the molecule is C=Cc1cccc(N(c2ccc(OC)cc2)c2ccc(OC)cc2)c1. The van der Waals surface area contributed by atoms with E-state index in [1.807, 2.05) is 66.7 Å². The molecule has 0 saturated heterocycles. The summed E-state index contributed by atoms with van der Waals surface area (Å²) in [5.74, 6) is 1.66. The fraction of sp³-hybridized carbons (Fsp3) is 0.0909. The molecule has 0 heterocycles. The lowest BCUT2D eigenvalue weighted by molar-refractivity contribution is 0.415. The van der Waals surface area contributed by atoms with Crippen molar-refractivity contribution in [2.75, 3.05) is 19.1 Å². The van der Waals surface area contributed by atoms with Gasteiger partial charge in [0, 0.05) is 17.1 Å². The van der Waals surface area contributed by atoms with E-state index in [-0.39, 0.29) is 0 Å². The van der Waals surface area contributed by atoms with Gasteiger partial charge in [0.05, 0.1) is 14.2 Å². The van der Waals surface area contributed by atoms with Crippen LogP contribution in [-0.2, 0) is 0 Å². The molecule has 0 radical (unpaired) electrons. The van der Waals surface area contributed by atoms with Crippen LogP contribution in [0.25, 0.3) is 6.08 Å². The van der Waals surface area contributed by atoms with E-state index in [0.29, 0.717) is 0 Å². The lowest BCUT2D eigenvalue weighted by Gasteiger charge is -2.26. The molecule has 3 aromatic rings. The predicted molar refractivity (Wildman–Crippen MR) is 104 cm³/mol.